The Hall–Kier alpha value is -3.86. The molecule has 1 aliphatic heterocycles. The molecule has 174 valence electrons. The minimum absolute atomic E-state index is 0.0185. The molecule has 0 unspecified atom stereocenters. The molecule has 1 heterocycles. The average molecular weight is 455 g/mol. The van der Waals surface area contributed by atoms with Crippen molar-refractivity contribution < 1.29 is 14.3 Å². The van der Waals surface area contributed by atoms with Crippen LogP contribution in [0.2, 0.25) is 0 Å². The van der Waals surface area contributed by atoms with Crippen molar-refractivity contribution in [3.05, 3.63) is 94.7 Å². The number of carbonyl (C=O) groups is 2. The highest BCUT2D eigenvalue weighted by Gasteiger charge is 2.41. The van der Waals surface area contributed by atoms with Crippen LogP contribution in [-0.4, -0.2) is 18.9 Å². The number of methoxy groups -OCH3 is 1. The molecular formula is C29H30N2O3. The minimum Gasteiger partial charge on any atom is -0.497 e. The zero-order valence-electron chi connectivity index (χ0n) is 20.5. The average Bonchev–Trinajstić information content (AvgIpc) is 3.05. The lowest BCUT2D eigenvalue weighted by Gasteiger charge is -2.20. The van der Waals surface area contributed by atoms with E-state index < -0.39 is 0 Å². The number of rotatable bonds is 5. The van der Waals surface area contributed by atoms with Gasteiger partial charge >= 0.3 is 0 Å². The molecule has 5 heteroatoms. The van der Waals surface area contributed by atoms with Crippen molar-refractivity contribution in [1.82, 2.24) is 0 Å². The van der Waals surface area contributed by atoms with Gasteiger partial charge in [0, 0.05) is 5.69 Å². The topological polar surface area (TPSA) is 58.6 Å². The molecule has 1 N–H and O–H groups in total. The summed E-state index contributed by atoms with van der Waals surface area (Å²) in [4.78, 5) is 28.6. The van der Waals surface area contributed by atoms with Crippen molar-refractivity contribution in [2.45, 2.75) is 40.0 Å². The van der Waals surface area contributed by atoms with E-state index in [0.29, 0.717) is 22.6 Å². The number of hydrogen-bond donors (Lipinski definition) is 1. The second-order valence-corrected chi connectivity index (χ2v) is 9.60. The number of carbonyl (C=O) groups excluding carboxylic acids is 2. The number of benzene rings is 3. The largest absolute Gasteiger partial charge is 0.497 e. The van der Waals surface area contributed by atoms with E-state index in [1.165, 1.54) is 10.5 Å². The summed E-state index contributed by atoms with van der Waals surface area (Å²) in [6.07, 6.45) is 0. The van der Waals surface area contributed by atoms with Gasteiger partial charge in [0.2, 0.25) is 0 Å². The minimum atomic E-state index is -0.371. The first-order valence-electron chi connectivity index (χ1n) is 11.3. The quantitative estimate of drug-likeness (QED) is 0.480. The molecule has 0 radical (unpaired) electrons. The molecule has 34 heavy (non-hydrogen) atoms. The molecule has 0 saturated carbocycles. The maximum Gasteiger partial charge on any atom is 0.282 e. The van der Waals surface area contributed by atoms with Gasteiger partial charge in [0.05, 0.1) is 18.4 Å². The summed E-state index contributed by atoms with van der Waals surface area (Å²) < 4.78 is 5.27. The SMILES string of the molecule is COc1ccc(C2=C(Nc3ccc(C(C)(C)C)cc3)C(=O)N(c3cccc(C)c3C)C2=O)cc1. The molecule has 0 atom stereocenters. The van der Waals surface area contributed by atoms with Gasteiger partial charge in [-0.1, -0.05) is 57.2 Å². The van der Waals surface area contributed by atoms with Crippen LogP contribution in [0.5, 0.6) is 5.75 Å². The zero-order chi connectivity index (χ0) is 24.6. The Labute approximate surface area is 201 Å². The van der Waals surface area contributed by atoms with Crippen LogP contribution in [0.3, 0.4) is 0 Å². The first kappa shape index (κ1) is 23.3. The molecule has 0 bridgehead atoms. The first-order valence-corrected chi connectivity index (χ1v) is 11.3. The summed E-state index contributed by atoms with van der Waals surface area (Å²) >= 11 is 0. The van der Waals surface area contributed by atoms with Crippen LogP contribution in [0.25, 0.3) is 5.57 Å². The summed E-state index contributed by atoms with van der Waals surface area (Å²) in [6, 6.07) is 20.8. The van der Waals surface area contributed by atoms with Crippen LogP contribution in [0.15, 0.2) is 72.4 Å². The maximum atomic E-state index is 13.7. The second-order valence-electron chi connectivity index (χ2n) is 9.60. The lowest BCUT2D eigenvalue weighted by Crippen LogP contribution is -2.33. The van der Waals surface area contributed by atoms with Crippen molar-refractivity contribution in [2.24, 2.45) is 0 Å². The maximum absolute atomic E-state index is 13.7. The summed E-state index contributed by atoms with van der Waals surface area (Å²) in [7, 11) is 1.59. The van der Waals surface area contributed by atoms with Crippen LogP contribution >= 0.6 is 0 Å². The van der Waals surface area contributed by atoms with E-state index in [9.17, 15) is 9.59 Å². The van der Waals surface area contributed by atoms with Gasteiger partial charge in [-0.15, -0.1) is 0 Å². The molecular weight excluding hydrogens is 424 g/mol. The van der Waals surface area contributed by atoms with Gasteiger partial charge in [0.25, 0.3) is 11.8 Å². The third-order valence-electron chi connectivity index (χ3n) is 6.30. The zero-order valence-corrected chi connectivity index (χ0v) is 20.5. The van der Waals surface area contributed by atoms with Gasteiger partial charge in [-0.25, -0.2) is 4.90 Å². The Balaban J connectivity index is 1.80. The predicted molar refractivity (Wildman–Crippen MR) is 137 cm³/mol. The molecule has 0 spiro atoms. The van der Waals surface area contributed by atoms with Crippen LogP contribution in [0.4, 0.5) is 11.4 Å². The van der Waals surface area contributed by atoms with E-state index in [2.05, 4.69) is 26.1 Å². The number of anilines is 2. The number of amides is 2. The van der Waals surface area contributed by atoms with Crippen LogP contribution in [-0.2, 0) is 15.0 Å². The summed E-state index contributed by atoms with van der Waals surface area (Å²) in [5.41, 5.74) is 5.73. The number of nitrogens with zero attached hydrogens (tertiary/aromatic N) is 1. The fourth-order valence-electron chi connectivity index (χ4n) is 4.07. The molecule has 0 fully saturated rings. The predicted octanol–water partition coefficient (Wildman–Crippen LogP) is 6.01. The highest BCUT2D eigenvalue weighted by atomic mass is 16.5. The smallest absolute Gasteiger partial charge is 0.282 e. The van der Waals surface area contributed by atoms with E-state index in [1.54, 1.807) is 31.4 Å². The molecule has 0 saturated heterocycles. The first-order chi connectivity index (χ1) is 16.1. The lowest BCUT2D eigenvalue weighted by molar-refractivity contribution is -0.120. The molecule has 0 aromatic heterocycles. The Morgan fingerprint density at radius 3 is 2.06 bits per heavy atom. The summed E-state index contributed by atoms with van der Waals surface area (Å²) in [5.74, 6) is -0.0399. The van der Waals surface area contributed by atoms with E-state index in [0.717, 1.165) is 16.8 Å². The monoisotopic (exact) mass is 454 g/mol. The number of nitrogens with one attached hydrogen (secondary N) is 1. The lowest BCUT2D eigenvalue weighted by atomic mass is 9.87. The van der Waals surface area contributed by atoms with Gasteiger partial charge in [-0.2, -0.15) is 0 Å². The van der Waals surface area contributed by atoms with Crippen LogP contribution in [0.1, 0.15) is 43.0 Å². The van der Waals surface area contributed by atoms with Gasteiger partial charge in [-0.05, 0) is 71.8 Å². The van der Waals surface area contributed by atoms with E-state index in [1.807, 2.05) is 56.3 Å². The second kappa shape index (κ2) is 8.82. The molecule has 0 aliphatic carbocycles. The van der Waals surface area contributed by atoms with Crippen LogP contribution in [0, 0.1) is 13.8 Å². The molecule has 3 aromatic rings. The van der Waals surface area contributed by atoms with Crippen molar-refractivity contribution in [3.8, 4) is 5.75 Å². The molecule has 3 aromatic carbocycles. The van der Waals surface area contributed by atoms with Crippen LogP contribution < -0.4 is 15.0 Å². The molecule has 2 amide bonds. The van der Waals surface area contributed by atoms with Crippen molar-refractivity contribution in [1.29, 1.82) is 0 Å². The van der Waals surface area contributed by atoms with Crippen molar-refractivity contribution in [3.63, 3.8) is 0 Å². The van der Waals surface area contributed by atoms with Gasteiger partial charge < -0.3 is 10.1 Å². The normalized spacial score (nSPS) is 14.1. The Morgan fingerprint density at radius 2 is 1.47 bits per heavy atom. The Kier molecular flexibility index (Phi) is 6.05. The third-order valence-corrected chi connectivity index (χ3v) is 6.30. The van der Waals surface area contributed by atoms with Crippen molar-refractivity contribution in [2.75, 3.05) is 17.3 Å². The highest BCUT2D eigenvalue weighted by molar-refractivity contribution is 6.46. The van der Waals surface area contributed by atoms with Gasteiger partial charge in [-0.3, -0.25) is 9.59 Å². The fraction of sp³-hybridized carbons (Fsp3) is 0.241. The summed E-state index contributed by atoms with van der Waals surface area (Å²) in [6.45, 7) is 10.4. The van der Waals surface area contributed by atoms with Gasteiger partial charge in [0.1, 0.15) is 11.4 Å². The fourth-order valence-corrected chi connectivity index (χ4v) is 4.07. The Bertz CT molecular complexity index is 1280. The standard InChI is InChI=1S/C29H30N2O3/c1-18-8-7-9-24(19(18)2)31-27(32)25(20-10-16-23(34-6)17-11-20)26(28(31)33)30-22-14-12-21(13-15-22)29(3,4)5/h7-17,30H,1-6H3. The van der Waals surface area contributed by atoms with Crippen molar-refractivity contribution >= 4 is 28.8 Å². The molecule has 1 aliphatic rings. The van der Waals surface area contributed by atoms with E-state index in [4.69, 9.17) is 4.74 Å². The molecule has 5 nitrogen and oxygen atoms in total. The number of ether oxygens (including phenoxy) is 1. The highest BCUT2D eigenvalue weighted by Crippen LogP contribution is 2.36. The van der Waals surface area contributed by atoms with E-state index >= 15 is 0 Å². The van der Waals surface area contributed by atoms with E-state index in [-0.39, 0.29) is 22.9 Å². The Morgan fingerprint density at radius 1 is 0.824 bits per heavy atom. The van der Waals surface area contributed by atoms with Gasteiger partial charge in [0.15, 0.2) is 0 Å². The number of hydrogen-bond acceptors (Lipinski definition) is 4. The molecule has 4 rings (SSSR count). The third kappa shape index (κ3) is 4.21. The number of aryl methyl sites for hydroxylation is 1. The number of imide groups is 1. The summed E-state index contributed by atoms with van der Waals surface area (Å²) in [5, 5.41) is 3.25.